The van der Waals surface area contributed by atoms with Crippen molar-refractivity contribution in [3.63, 3.8) is 0 Å². The summed E-state index contributed by atoms with van der Waals surface area (Å²) in [5.41, 5.74) is -0.361. The van der Waals surface area contributed by atoms with Gasteiger partial charge in [-0.2, -0.15) is 4.98 Å². The molecule has 1 unspecified atom stereocenters. The molecule has 1 aliphatic rings. The van der Waals surface area contributed by atoms with Crippen molar-refractivity contribution < 1.29 is 23.8 Å². The van der Waals surface area contributed by atoms with Gasteiger partial charge in [0.15, 0.2) is 5.56 Å². The van der Waals surface area contributed by atoms with Crippen molar-refractivity contribution in [3.8, 4) is 23.1 Å². The van der Waals surface area contributed by atoms with E-state index in [1.54, 1.807) is 36.4 Å². The molecule has 3 aromatic rings. The van der Waals surface area contributed by atoms with E-state index in [0.717, 1.165) is 6.42 Å². The molecule has 9 heteroatoms. The number of unbranched alkanes of at least 4 members (excludes halogenated alkanes) is 1. The number of likely N-dealkylation sites (tertiary alicyclic amines) is 1. The Hall–Kier alpha value is -3.88. The molecule has 1 fully saturated rings. The monoisotopic (exact) mass is 495 g/mol. The van der Waals surface area contributed by atoms with E-state index in [2.05, 4.69) is 4.98 Å². The van der Waals surface area contributed by atoms with Gasteiger partial charge in [-0.25, -0.2) is 4.39 Å². The van der Waals surface area contributed by atoms with E-state index in [-0.39, 0.29) is 18.3 Å². The Balaban J connectivity index is 1.80. The van der Waals surface area contributed by atoms with E-state index >= 15 is 0 Å². The fraction of sp³-hybridized carbons (Fsp3) is 0.370. The number of hydrogen-bond donors (Lipinski definition) is 1. The van der Waals surface area contributed by atoms with Crippen LogP contribution in [0.25, 0.3) is 5.69 Å². The van der Waals surface area contributed by atoms with Crippen LogP contribution in [0, 0.1) is 5.82 Å². The number of ether oxygens (including phenoxy) is 2. The first-order valence-corrected chi connectivity index (χ1v) is 12.0. The zero-order valence-electron chi connectivity index (χ0n) is 20.7. The highest BCUT2D eigenvalue weighted by molar-refractivity contribution is 5.96. The summed E-state index contributed by atoms with van der Waals surface area (Å²) in [5.74, 6) is -0.641. The first kappa shape index (κ1) is 25.2. The number of aromatic hydroxyl groups is 1. The van der Waals surface area contributed by atoms with Gasteiger partial charge in [-0.15, -0.1) is 0 Å². The maximum atomic E-state index is 14.3. The third-order valence-corrected chi connectivity index (χ3v) is 6.55. The van der Waals surface area contributed by atoms with Crippen LogP contribution in [-0.2, 0) is 6.42 Å². The van der Waals surface area contributed by atoms with Crippen LogP contribution in [-0.4, -0.2) is 52.8 Å². The van der Waals surface area contributed by atoms with E-state index in [4.69, 9.17) is 9.47 Å². The maximum Gasteiger partial charge on any atom is 0.289 e. The molecule has 2 heterocycles. The van der Waals surface area contributed by atoms with Crippen molar-refractivity contribution in [1.82, 2.24) is 14.5 Å². The van der Waals surface area contributed by atoms with E-state index in [1.165, 1.54) is 29.8 Å². The number of aromatic nitrogens is 2. The van der Waals surface area contributed by atoms with Crippen LogP contribution in [0.2, 0.25) is 0 Å². The molecule has 4 rings (SSSR count). The molecule has 1 aliphatic heterocycles. The highest BCUT2D eigenvalue weighted by atomic mass is 19.1. The third-order valence-electron chi connectivity index (χ3n) is 6.55. The lowest BCUT2D eigenvalue weighted by Gasteiger charge is -2.22. The minimum atomic E-state index is -0.803. The van der Waals surface area contributed by atoms with Crippen LogP contribution in [0.1, 0.15) is 53.8 Å². The number of methoxy groups -OCH3 is 2. The van der Waals surface area contributed by atoms with Crippen LogP contribution in [0.3, 0.4) is 0 Å². The van der Waals surface area contributed by atoms with Crippen molar-refractivity contribution >= 4 is 5.91 Å². The van der Waals surface area contributed by atoms with Gasteiger partial charge in [-0.3, -0.25) is 14.2 Å². The quantitative estimate of drug-likeness (QED) is 0.507. The standard InChI is InChI=1S/C27H30FN3O5/c1-4-5-13-22-29-25(32)23(27(34)31(22)24-20(35-2)11-8-12-21(24)36-3)26(33)30-15-14-17(16-30)18-9-6-7-10-19(18)28/h6-12,17,34H,4-5,13-16H2,1-3H3. The Labute approximate surface area is 208 Å². The fourth-order valence-corrected chi connectivity index (χ4v) is 4.69. The number of hydrogen-bond acceptors (Lipinski definition) is 6. The summed E-state index contributed by atoms with van der Waals surface area (Å²) in [6.45, 7) is 2.56. The average Bonchev–Trinajstić information content (AvgIpc) is 3.37. The van der Waals surface area contributed by atoms with E-state index in [1.807, 2.05) is 6.92 Å². The van der Waals surface area contributed by atoms with Gasteiger partial charge in [0.25, 0.3) is 11.5 Å². The molecule has 0 bridgehead atoms. The number of benzene rings is 2. The zero-order valence-corrected chi connectivity index (χ0v) is 20.7. The summed E-state index contributed by atoms with van der Waals surface area (Å²) in [7, 11) is 2.96. The molecule has 190 valence electrons. The van der Waals surface area contributed by atoms with Crippen LogP contribution >= 0.6 is 0 Å². The molecule has 2 aromatic carbocycles. The van der Waals surface area contributed by atoms with Gasteiger partial charge in [0.05, 0.1) is 14.2 Å². The molecule has 1 saturated heterocycles. The van der Waals surface area contributed by atoms with Crippen LogP contribution in [0.5, 0.6) is 17.4 Å². The lowest BCUT2D eigenvalue weighted by molar-refractivity contribution is 0.0784. The molecule has 0 aliphatic carbocycles. The van der Waals surface area contributed by atoms with Crippen molar-refractivity contribution in [2.75, 3.05) is 27.3 Å². The minimum Gasteiger partial charge on any atom is -0.494 e. The summed E-state index contributed by atoms with van der Waals surface area (Å²) in [4.78, 5) is 32.3. The molecule has 1 aromatic heterocycles. The molecule has 0 radical (unpaired) electrons. The Morgan fingerprint density at radius 3 is 2.47 bits per heavy atom. The molecule has 1 atom stereocenters. The normalized spacial score (nSPS) is 15.2. The number of rotatable bonds is 8. The molecule has 0 spiro atoms. The summed E-state index contributed by atoms with van der Waals surface area (Å²) in [6, 6.07) is 11.6. The van der Waals surface area contributed by atoms with E-state index < -0.39 is 22.9 Å². The first-order valence-electron chi connectivity index (χ1n) is 12.0. The highest BCUT2D eigenvalue weighted by Gasteiger charge is 2.34. The Kier molecular flexibility index (Phi) is 7.57. The number of halogens is 1. The second-order valence-electron chi connectivity index (χ2n) is 8.74. The van der Waals surface area contributed by atoms with Crippen molar-refractivity contribution in [3.05, 3.63) is 75.6 Å². The molecular formula is C27H30FN3O5. The molecule has 36 heavy (non-hydrogen) atoms. The first-order chi connectivity index (χ1) is 17.4. The van der Waals surface area contributed by atoms with E-state index in [0.29, 0.717) is 54.4 Å². The largest absolute Gasteiger partial charge is 0.494 e. The maximum absolute atomic E-state index is 14.3. The SMILES string of the molecule is CCCCc1nc(=O)c(C(=O)N2CCC(c3ccccc3F)C2)c(O)n1-c1c(OC)cccc1OC. The van der Waals surface area contributed by atoms with Gasteiger partial charge in [-0.05, 0) is 36.6 Å². The van der Waals surface area contributed by atoms with Gasteiger partial charge in [0, 0.05) is 25.4 Å². The van der Waals surface area contributed by atoms with Crippen molar-refractivity contribution in [2.45, 2.75) is 38.5 Å². The van der Waals surface area contributed by atoms with Crippen LogP contribution < -0.4 is 15.0 Å². The topological polar surface area (TPSA) is 93.9 Å². The van der Waals surface area contributed by atoms with Gasteiger partial charge in [0.2, 0.25) is 5.88 Å². The molecular weight excluding hydrogens is 465 g/mol. The predicted octanol–water partition coefficient (Wildman–Crippen LogP) is 4.07. The minimum absolute atomic E-state index is 0.203. The average molecular weight is 496 g/mol. The summed E-state index contributed by atoms with van der Waals surface area (Å²) in [6.07, 6.45) is 2.50. The van der Waals surface area contributed by atoms with Gasteiger partial charge < -0.3 is 19.5 Å². The summed E-state index contributed by atoms with van der Waals surface area (Å²) in [5, 5.41) is 11.4. The van der Waals surface area contributed by atoms with Crippen LogP contribution in [0.4, 0.5) is 4.39 Å². The van der Waals surface area contributed by atoms with Gasteiger partial charge >= 0.3 is 0 Å². The lowest BCUT2D eigenvalue weighted by Crippen LogP contribution is -2.35. The van der Waals surface area contributed by atoms with Crippen molar-refractivity contribution in [1.29, 1.82) is 0 Å². The number of nitrogens with zero attached hydrogens (tertiary/aromatic N) is 3. The van der Waals surface area contributed by atoms with E-state index in [9.17, 15) is 19.1 Å². The Bertz CT molecular complexity index is 1300. The predicted molar refractivity (Wildman–Crippen MR) is 133 cm³/mol. The van der Waals surface area contributed by atoms with Gasteiger partial charge in [0.1, 0.15) is 28.8 Å². The second kappa shape index (κ2) is 10.8. The highest BCUT2D eigenvalue weighted by Crippen LogP contribution is 2.37. The lowest BCUT2D eigenvalue weighted by atomic mass is 9.98. The molecule has 1 amide bonds. The smallest absolute Gasteiger partial charge is 0.289 e. The van der Waals surface area contributed by atoms with Crippen molar-refractivity contribution in [2.24, 2.45) is 0 Å². The summed E-state index contributed by atoms with van der Waals surface area (Å²) < 4.78 is 26.7. The van der Waals surface area contributed by atoms with Gasteiger partial charge in [-0.1, -0.05) is 37.6 Å². The zero-order chi connectivity index (χ0) is 25.8. The third kappa shape index (κ3) is 4.65. The van der Waals surface area contributed by atoms with Crippen LogP contribution in [0.15, 0.2) is 47.3 Å². The number of amides is 1. The molecule has 8 nitrogen and oxygen atoms in total. The Morgan fingerprint density at radius 1 is 1.14 bits per heavy atom. The number of aryl methyl sites for hydroxylation is 1. The fourth-order valence-electron chi connectivity index (χ4n) is 4.69. The number of para-hydroxylation sites is 1. The number of carbonyl (C=O) groups is 1. The molecule has 1 N–H and O–H groups in total. The summed E-state index contributed by atoms with van der Waals surface area (Å²) >= 11 is 0. The second-order valence-corrected chi connectivity index (χ2v) is 8.74. The number of carbonyl (C=O) groups excluding carboxylic acids is 1. The Morgan fingerprint density at radius 2 is 1.83 bits per heavy atom. The molecule has 0 saturated carbocycles.